The van der Waals surface area contributed by atoms with E-state index >= 15 is 0 Å². The third-order valence-electron chi connectivity index (χ3n) is 4.96. The SMILES string of the molecule is CCC1CCC23CCCC2CN(C)N13. The van der Waals surface area contributed by atoms with Gasteiger partial charge in [-0.1, -0.05) is 13.3 Å². The Morgan fingerprint density at radius 2 is 2.14 bits per heavy atom. The molecule has 80 valence electrons. The maximum atomic E-state index is 2.77. The molecule has 1 aliphatic carbocycles. The smallest absolute Gasteiger partial charge is 0.0401 e. The Bertz CT molecular complexity index is 240. The van der Waals surface area contributed by atoms with Crippen molar-refractivity contribution in [2.45, 2.75) is 57.0 Å². The van der Waals surface area contributed by atoms with Gasteiger partial charge >= 0.3 is 0 Å². The second-order valence-electron chi connectivity index (χ2n) is 5.48. The molecule has 1 saturated carbocycles. The molecule has 0 amide bonds. The van der Waals surface area contributed by atoms with Gasteiger partial charge in [-0.05, 0) is 38.0 Å². The van der Waals surface area contributed by atoms with Gasteiger partial charge in [-0.3, -0.25) is 0 Å². The summed E-state index contributed by atoms with van der Waals surface area (Å²) in [4.78, 5) is 0. The van der Waals surface area contributed by atoms with Crippen LogP contribution in [0.2, 0.25) is 0 Å². The molecule has 2 heteroatoms. The first-order valence-electron chi connectivity index (χ1n) is 6.28. The zero-order valence-electron chi connectivity index (χ0n) is 9.50. The molecule has 0 bridgehead atoms. The second kappa shape index (κ2) is 2.96. The van der Waals surface area contributed by atoms with Crippen LogP contribution in [0.4, 0.5) is 0 Å². The van der Waals surface area contributed by atoms with Gasteiger partial charge in [-0.25, -0.2) is 10.0 Å². The second-order valence-corrected chi connectivity index (χ2v) is 5.48. The Kier molecular flexibility index (Phi) is 1.94. The molecule has 3 unspecified atom stereocenters. The summed E-state index contributed by atoms with van der Waals surface area (Å²) in [5.41, 5.74) is 0.620. The van der Waals surface area contributed by atoms with Crippen LogP contribution < -0.4 is 0 Å². The minimum Gasteiger partial charge on any atom is -0.244 e. The van der Waals surface area contributed by atoms with Gasteiger partial charge in [0.2, 0.25) is 0 Å². The zero-order chi connectivity index (χ0) is 9.76. The quantitative estimate of drug-likeness (QED) is 0.632. The van der Waals surface area contributed by atoms with Crippen molar-refractivity contribution in [2.24, 2.45) is 5.92 Å². The van der Waals surface area contributed by atoms with E-state index in [0.29, 0.717) is 5.54 Å². The van der Waals surface area contributed by atoms with Gasteiger partial charge < -0.3 is 0 Å². The molecule has 2 heterocycles. The fourth-order valence-corrected chi connectivity index (χ4v) is 4.44. The molecule has 0 radical (unpaired) electrons. The average molecular weight is 194 g/mol. The van der Waals surface area contributed by atoms with E-state index in [2.05, 4.69) is 24.0 Å². The molecule has 3 rings (SSSR count). The summed E-state index contributed by atoms with van der Waals surface area (Å²) in [6.45, 7) is 3.68. The van der Waals surface area contributed by atoms with Gasteiger partial charge in [0, 0.05) is 25.2 Å². The van der Waals surface area contributed by atoms with Crippen molar-refractivity contribution in [3.8, 4) is 0 Å². The first kappa shape index (κ1) is 9.17. The van der Waals surface area contributed by atoms with Gasteiger partial charge in [0.25, 0.3) is 0 Å². The van der Waals surface area contributed by atoms with Gasteiger partial charge in [0.15, 0.2) is 0 Å². The summed E-state index contributed by atoms with van der Waals surface area (Å²) < 4.78 is 0. The lowest BCUT2D eigenvalue weighted by Gasteiger charge is -2.37. The van der Waals surface area contributed by atoms with Gasteiger partial charge in [-0.15, -0.1) is 0 Å². The van der Waals surface area contributed by atoms with E-state index in [1.165, 1.54) is 45.1 Å². The molecule has 3 fully saturated rings. The molecular weight excluding hydrogens is 172 g/mol. The van der Waals surface area contributed by atoms with Crippen LogP contribution in [0, 0.1) is 5.92 Å². The molecule has 2 nitrogen and oxygen atoms in total. The highest BCUT2D eigenvalue weighted by Crippen LogP contribution is 2.54. The molecule has 0 aromatic carbocycles. The highest BCUT2D eigenvalue weighted by molar-refractivity contribution is 5.10. The van der Waals surface area contributed by atoms with Crippen molar-refractivity contribution in [1.29, 1.82) is 0 Å². The molecule has 3 aliphatic rings. The molecule has 3 atom stereocenters. The maximum absolute atomic E-state index is 2.77. The maximum Gasteiger partial charge on any atom is 0.0401 e. The van der Waals surface area contributed by atoms with Crippen LogP contribution in [0.15, 0.2) is 0 Å². The summed E-state index contributed by atoms with van der Waals surface area (Å²) in [5, 5.41) is 5.30. The van der Waals surface area contributed by atoms with E-state index in [0.717, 1.165) is 12.0 Å². The lowest BCUT2D eigenvalue weighted by atomic mass is 9.87. The third-order valence-corrected chi connectivity index (χ3v) is 4.96. The Morgan fingerprint density at radius 1 is 1.29 bits per heavy atom. The largest absolute Gasteiger partial charge is 0.244 e. The normalized spacial score (nSPS) is 48.4. The molecule has 14 heavy (non-hydrogen) atoms. The third kappa shape index (κ3) is 0.938. The molecule has 0 aromatic heterocycles. The predicted molar refractivity (Wildman–Crippen MR) is 57.9 cm³/mol. The van der Waals surface area contributed by atoms with E-state index in [-0.39, 0.29) is 0 Å². The minimum absolute atomic E-state index is 0.620. The Hall–Kier alpha value is -0.0800. The number of hydrogen-bond acceptors (Lipinski definition) is 2. The Labute approximate surface area is 87.2 Å². The highest BCUT2D eigenvalue weighted by atomic mass is 15.7. The van der Waals surface area contributed by atoms with Gasteiger partial charge in [-0.2, -0.15) is 0 Å². The van der Waals surface area contributed by atoms with Crippen LogP contribution in [0.25, 0.3) is 0 Å². The summed E-state index contributed by atoms with van der Waals surface area (Å²) in [6.07, 6.45) is 8.68. The summed E-state index contributed by atoms with van der Waals surface area (Å²) in [6, 6.07) is 0.850. The van der Waals surface area contributed by atoms with Crippen LogP contribution in [0.1, 0.15) is 45.4 Å². The van der Waals surface area contributed by atoms with Crippen molar-refractivity contribution in [3.63, 3.8) is 0 Å². The summed E-state index contributed by atoms with van der Waals surface area (Å²) in [5.74, 6) is 0.990. The number of nitrogens with zero attached hydrogens (tertiary/aromatic N) is 2. The summed E-state index contributed by atoms with van der Waals surface area (Å²) in [7, 11) is 2.30. The first-order chi connectivity index (χ1) is 6.78. The number of hydrogen-bond donors (Lipinski definition) is 0. The van der Waals surface area contributed by atoms with Crippen LogP contribution in [-0.4, -0.2) is 35.2 Å². The standard InChI is InChI=1S/C12H22N2/c1-3-11-6-8-12-7-4-5-10(12)9-13(2)14(11)12/h10-11H,3-9H2,1-2H3. The Balaban J connectivity index is 1.94. The van der Waals surface area contributed by atoms with Crippen molar-refractivity contribution in [2.75, 3.05) is 13.6 Å². The topological polar surface area (TPSA) is 6.48 Å². The average Bonchev–Trinajstić information content (AvgIpc) is 2.77. The van der Waals surface area contributed by atoms with E-state index in [1.54, 1.807) is 0 Å². The highest BCUT2D eigenvalue weighted by Gasteiger charge is 2.58. The molecular formula is C12H22N2. The monoisotopic (exact) mass is 194 g/mol. The molecule has 2 aliphatic heterocycles. The van der Waals surface area contributed by atoms with Crippen LogP contribution >= 0.6 is 0 Å². The molecule has 0 N–H and O–H groups in total. The zero-order valence-corrected chi connectivity index (χ0v) is 9.50. The van der Waals surface area contributed by atoms with E-state index in [1.807, 2.05) is 0 Å². The lowest BCUT2D eigenvalue weighted by molar-refractivity contribution is -0.0362. The fourth-order valence-electron chi connectivity index (χ4n) is 4.44. The molecule has 0 aromatic rings. The Morgan fingerprint density at radius 3 is 2.93 bits per heavy atom. The lowest BCUT2D eigenvalue weighted by Crippen LogP contribution is -2.48. The van der Waals surface area contributed by atoms with Gasteiger partial charge in [0.05, 0.1) is 0 Å². The number of hydrazine groups is 1. The van der Waals surface area contributed by atoms with Crippen molar-refractivity contribution in [3.05, 3.63) is 0 Å². The van der Waals surface area contributed by atoms with Crippen molar-refractivity contribution in [1.82, 2.24) is 10.0 Å². The number of rotatable bonds is 1. The van der Waals surface area contributed by atoms with E-state index in [9.17, 15) is 0 Å². The van der Waals surface area contributed by atoms with Crippen LogP contribution in [0.5, 0.6) is 0 Å². The first-order valence-corrected chi connectivity index (χ1v) is 6.28. The van der Waals surface area contributed by atoms with E-state index in [4.69, 9.17) is 0 Å². The summed E-state index contributed by atoms with van der Waals surface area (Å²) >= 11 is 0. The molecule has 2 saturated heterocycles. The minimum atomic E-state index is 0.620. The molecule has 1 spiro atoms. The van der Waals surface area contributed by atoms with Crippen molar-refractivity contribution >= 4 is 0 Å². The van der Waals surface area contributed by atoms with Crippen LogP contribution in [-0.2, 0) is 0 Å². The fraction of sp³-hybridized carbons (Fsp3) is 1.00. The van der Waals surface area contributed by atoms with E-state index < -0.39 is 0 Å². The van der Waals surface area contributed by atoms with Crippen LogP contribution in [0.3, 0.4) is 0 Å². The predicted octanol–water partition coefficient (Wildman–Crippen LogP) is 2.26. The van der Waals surface area contributed by atoms with Crippen molar-refractivity contribution < 1.29 is 0 Å². The van der Waals surface area contributed by atoms with Gasteiger partial charge in [0.1, 0.15) is 0 Å².